The number of hydrogen-bond acceptors (Lipinski definition) is 3. The highest BCUT2D eigenvalue weighted by atomic mass is 79.9. The van der Waals surface area contributed by atoms with E-state index in [2.05, 4.69) is 95.7 Å². The van der Waals surface area contributed by atoms with Crippen LogP contribution in [-0.2, 0) is 10.8 Å². The summed E-state index contributed by atoms with van der Waals surface area (Å²) in [5.41, 5.74) is 6.44. The number of hydrogen-bond donors (Lipinski definition) is 0. The molecule has 210 valence electrons. The molecule has 2 saturated carbocycles. The van der Waals surface area contributed by atoms with Gasteiger partial charge in [0.1, 0.15) is 0 Å². The normalized spacial score (nSPS) is 23.4. The van der Waals surface area contributed by atoms with Crippen LogP contribution in [0.2, 0.25) is 0 Å². The van der Waals surface area contributed by atoms with E-state index >= 15 is 0 Å². The van der Waals surface area contributed by atoms with Crippen molar-refractivity contribution in [3.8, 4) is 34.2 Å². The maximum atomic E-state index is 4.96. The van der Waals surface area contributed by atoms with Crippen LogP contribution in [0.5, 0.6) is 0 Å². The zero-order valence-electron chi connectivity index (χ0n) is 24.1. The van der Waals surface area contributed by atoms with Gasteiger partial charge in [0.2, 0.25) is 0 Å². The molecule has 4 heteroatoms. The Morgan fingerprint density at radius 2 is 1.17 bits per heavy atom. The Morgan fingerprint density at radius 3 is 1.71 bits per heavy atom. The van der Waals surface area contributed by atoms with Gasteiger partial charge in [0, 0.05) is 21.2 Å². The molecule has 0 N–H and O–H groups in total. The predicted molar refractivity (Wildman–Crippen MR) is 175 cm³/mol. The molecule has 3 nitrogen and oxygen atoms in total. The number of halogens is 1. The first kappa shape index (κ1) is 27.2. The molecule has 0 spiro atoms. The Balaban J connectivity index is 1.26. The molecule has 3 atom stereocenters. The summed E-state index contributed by atoms with van der Waals surface area (Å²) in [6.07, 6.45) is 8.96. The predicted octanol–water partition coefficient (Wildman–Crippen LogP) is 10.2. The second-order valence-electron chi connectivity index (χ2n) is 12.4. The molecule has 0 saturated heterocycles. The molecule has 7 rings (SSSR count). The van der Waals surface area contributed by atoms with Gasteiger partial charge < -0.3 is 0 Å². The molecule has 3 unspecified atom stereocenters. The van der Waals surface area contributed by atoms with Crippen molar-refractivity contribution >= 4 is 15.9 Å². The maximum absolute atomic E-state index is 4.96. The first-order valence-electron chi connectivity index (χ1n) is 15.3. The lowest BCUT2D eigenvalue weighted by atomic mass is 9.50. The number of fused-ring (bicyclic) bond motifs is 2. The molecule has 1 heterocycles. The molecule has 2 bridgehead atoms. The molecule has 2 aliphatic rings. The minimum absolute atomic E-state index is 0.179. The van der Waals surface area contributed by atoms with Crippen molar-refractivity contribution in [1.29, 1.82) is 0 Å². The molecule has 0 aliphatic heterocycles. The highest BCUT2D eigenvalue weighted by molar-refractivity contribution is 9.10. The zero-order valence-corrected chi connectivity index (χ0v) is 25.7. The maximum Gasteiger partial charge on any atom is 0.164 e. The summed E-state index contributed by atoms with van der Waals surface area (Å²) < 4.78 is 1.16. The molecule has 2 aliphatic carbocycles. The van der Waals surface area contributed by atoms with Gasteiger partial charge in [0.15, 0.2) is 17.5 Å². The lowest BCUT2D eigenvalue weighted by molar-refractivity contribution is 0.0757. The molecule has 2 fully saturated rings. The Kier molecular flexibility index (Phi) is 7.27. The third-order valence-electron chi connectivity index (χ3n) is 9.89. The Labute approximate surface area is 257 Å². The van der Waals surface area contributed by atoms with E-state index in [-0.39, 0.29) is 10.8 Å². The van der Waals surface area contributed by atoms with E-state index in [0.29, 0.717) is 17.5 Å². The lowest BCUT2D eigenvalue weighted by Crippen LogP contribution is -2.47. The summed E-state index contributed by atoms with van der Waals surface area (Å²) >= 11 is 3.65. The summed E-state index contributed by atoms with van der Waals surface area (Å²) in [4.78, 5) is 14.8. The van der Waals surface area contributed by atoms with E-state index in [1.807, 2.05) is 36.4 Å². The van der Waals surface area contributed by atoms with Gasteiger partial charge in [-0.2, -0.15) is 0 Å². The lowest BCUT2D eigenvalue weighted by Gasteiger charge is -2.54. The fourth-order valence-corrected chi connectivity index (χ4v) is 8.13. The first-order valence-corrected chi connectivity index (χ1v) is 16.1. The minimum Gasteiger partial charge on any atom is -0.208 e. The third-order valence-corrected chi connectivity index (χ3v) is 10.4. The summed E-state index contributed by atoms with van der Waals surface area (Å²) in [5.74, 6) is 2.89. The highest BCUT2D eigenvalue weighted by Gasteiger charge is 2.50. The van der Waals surface area contributed by atoms with Crippen LogP contribution in [0.1, 0.15) is 63.0 Å². The largest absolute Gasteiger partial charge is 0.208 e. The molecular formula is C38H36BrN3. The Hall–Kier alpha value is -3.63. The van der Waals surface area contributed by atoms with Crippen LogP contribution in [0, 0.1) is 5.92 Å². The molecule has 5 aromatic rings. The van der Waals surface area contributed by atoms with Gasteiger partial charge in [0.05, 0.1) is 0 Å². The van der Waals surface area contributed by atoms with Crippen molar-refractivity contribution in [3.63, 3.8) is 0 Å². The minimum atomic E-state index is 0.179. The smallest absolute Gasteiger partial charge is 0.164 e. The summed E-state index contributed by atoms with van der Waals surface area (Å²) in [6.45, 7) is 2.40. The van der Waals surface area contributed by atoms with Crippen LogP contribution in [0.4, 0.5) is 0 Å². The van der Waals surface area contributed by atoms with Crippen LogP contribution in [-0.4, -0.2) is 15.0 Å². The molecule has 1 aromatic heterocycles. The van der Waals surface area contributed by atoms with Crippen molar-refractivity contribution in [2.75, 3.05) is 0 Å². The average Bonchev–Trinajstić information content (AvgIpc) is 3.05. The van der Waals surface area contributed by atoms with Gasteiger partial charge in [-0.05, 0) is 72.1 Å². The van der Waals surface area contributed by atoms with E-state index < -0.39 is 0 Å². The SMILES string of the molecule is CCC1(c2ccc(-c3nc(-c4ccccc4)nc(-c4ccccc4)n3)cc2)CC2CCCC(c3ccc(Br)cc3)(C2)C1. The van der Waals surface area contributed by atoms with Gasteiger partial charge in [-0.25, -0.2) is 15.0 Å². The zero-order chi connectivity index (χ0) is 28.6. The van der Waals surface area contributed by atoms with Crippen molar-refractivity contribution < 1.29 is 0 Å². The van der Waals surface area contributed by atoms with Crippen LogP contribution in [0.3, 0.4) is 0 Å². The summed E-state index contributed by atoms with van der Waals surface area (Å²) in [7, 11) is 0. The molecule has 0 radical (unpaired) electrons. The van der Waals surface area contributed by atoms with Crippen LogP contribution in [0.15, 0.2) is 114 Å². The highest BCUT2D eigenvalue weighted by Crippen LogP contribution is 2.58. The number of benzene rings is 4. The summed E-state index contributed by atoms with van der Waals surface area (Å²) in [5, 5.41) is 0. The van der Waals surface area contributed by atoms with E-state index in [9.17, 15) is 0 Å². The fourth-order valence-electron chi connectivity index (χ4n) is 7.86. The summed E-state index contributed by atoms with van der Waals surface area (Å²) in [6, 6.07) is 38.8. The quantitative estimate of drug-likeness (QED) is 0.191. The first-order chi connectivity index (χ1) is 20.6. The fraction of sp³-hybridized carbons (Fsp3) is 0.289. The number of nitrogens with zero attached hydrogens (tertiary/aromatic N) is 3. The van der Waals surface area contributed by atoms with E-state index in [0.717, 1.165) is 33.5 Å². The molecule has 42 heavy (non-hydrogen) atoms. The molecular weight excluding hydrogens is 578 g/mol. The van der Waals surface area contributed by atoms with Crippen molar-refractivity contribution in [1.82, 2.24) is 15.0 Å². The van der Waals surface area contributed by atoms with Gasteiger partial charge in [0.25, 0.3) is 0 Å². The Morgan fingerprint density at radius 1 is 0.643 bits per heavy atom. The second-order valence-corrected chi connectivity index (χ2v) is 13.3. The number of aromatic nitrogens is 3. The van der Waals surface area contributed by atoms with Crippen molar-refractivity contribution in [3.05, 3.63) is 125 Å². The second kappa shape index (κ2) is 11.2. The van der Waals surface area contributed by atoms with Gasteiger partial charge in [-0.1, -0.05) is 133 Å². The van der Waals surface area contributed by atoms with Gasteiger partial charge in [-0.15, -0.1) is 0 Å². The topological polar surface area (TPSA) is 38.7 Å². The van der Waals surface area contributed by atoms with E-state index in [1.54, 1.807) is 0 Å². The van der Waals surface area contributed by atoms with Crippen LogP contribution in [0.25, 0.3) is 34.2 Å². The van der Waals surface area contributed by atoms with Gasteiger partial charge in [-0.3, -0.25) is 0 Å². The standard InChI is InChI=1S/C38H36BrN3/c1-2-37(24-27-10-9-23-38(25-27,26-37)32-19-21-33(39)22-20-32)31-17-15-30(16-18-31)36-41-34(28-11-5-3-6-12-28)40-35(42-36)29-13-7-4-8-14-29/h3-8,11-22,27H,2,9-10,23-26H2,1H3. The average molecular weight is 615 g/mol. The van der Waals surface area contributed by atoms with Crippen LogP contribution < -0.4 is 0 Å². The Bertz CT molecular complexity index is 1610. The van der Waals surface area contributed by atoms with Gasteiger partial charge >= 0.3 is 0 Å². The molecule has 0 amide bonds. The third kappa shape index (κ3) is 5.11. The number of rotatable bonds is 6. The van der Waals surface area contributed by atoms with E-state index in [4.69, 9.17) is 15.0 Å². The van der Waals surface area contributed by atoms with E-state index in [1.165, 1.54) is 49.7 Å². The molecule has 4 aromatic carbocycles. The van der Waals surface area contributed by atoms with Crippen LogP contribution >= 0.6 is 15.9 Å². The monoisotopic (exact) mass is 613 g/mol. The van der Waals surface area contributed by atoms with Crippen molar-refractivity contribution in [2.45, 2.75) is 62.7 Å². The van der Waals surface area contributed by atoms with Crippen molar-refractivity contribution in [2.24, 2.45) is 5.92 Å².